The summed E-state index contributed by atoms with van der Waals surface area (Å²) in [5.74, 6) is -0.755. The van der Waals surface area contributed by atoms with Crippen LogP contribution in [-0.4, -0.2) is 38.8 Å². The second-order valence-corrected chi connectivity index (χ2v) is 9.99. The number of carbonyl (C=O) groups is 1. The number of nitrogens with zero attached hydrogens (tertiary/aromatic N) is 1. The van der Waals surface area contributed by atoms with Gasteiger partial charge in [0.25, 0.3) is 0 Å². The number of halogens is 1. The first kappa shape index (κ1) is 23.2. The highest BCUT2D eigenvalue weighted by molar-refractivity contribution is 7.89. The highest BCUT2D eigenvalue weighted by Crippen LogP contribution is 2.26. The second kappa shape index (κ2) is 9.36. The van der Waals surface area contributed by atoms with Crippen molar-refractivity contribution in [2.45, 2.75) is 44.6 Å². The van der Waals surface area contributed by atoms with Gasteiger partial charge in [-0.15, -0.1) is 0 Å². The summed E-state index contributed by atoms with van der Waals surface area (Å²) in [6, 6.07) is 9.36. The Morgan fingerprint density at radius 2 is 1.81 bits per heavy atom. The Bertz CT molecular complexity index is 1060. The topological polar surface area (TPSA) is 75.7 Å². The van der Waals surface area contributed by atoms with Gasteiger partial charge < -0.3 is 10.1 Å². The van der Waals surface area contributed by atoms with Crippen molar-refractivity contribution in [1.29, 1.82) is 0 Å². The molecule has 1 saturated heterocycles. The average Bonchev–Trinajstić information content (AvgIpc) is 2.75. The van der Waals surface area contributed by atoms with E-state index >= 15 is 0 Å². The van der Waals surface area contributed by atoms with Crippen LogP contribution in [0.3, 0.4) is 0 Å². The molecule has 2 aromatic carbocycles. The molecule has 0 bridgehead atoms. The van der Waals surface area contributed by atoms with Gasteiger partial charge in [0, 0.05) is 19.0 Å². The summed E-state index contributed by atoms with van der Waals surface area (Å²) in [4.78, 5) is 13.0. The van der Waals surface area contributed by atoms with Crippen molar-refractivity contribution < 1.29 is 22.3 Å². The van der Waals surface area contributed by atoms with E-state index in [1.54, 1.807) is 25.1 Å². The van der Waals surface area contributed by atoms with Gasteiger partial charge in [0.2, 0.25) is 15.9 Å². The summed E-state index contributed by atoms with van der Waals surface area (Å²) < 4.78 is 46.2. The van der Waals surface area contributed by atoms with E-state index in [0.717, 1.165) is 11.1 Å². The number of hydrogen-bond donors (Lipinski definition) is 1. The quantitative estimate of drug-likeness (QED) is 0.731. The smallest absolute Gasteiger partial charge is 0.243 e. The Morgan fingerprint density at radius 1 is 1.13 bits per heavy atom. The first-order valence-corrected chi connectivity index (χ1v) is 11.8. The molecule has 1 unspecified atom stereocenters. The van der Waals surface area contributed by atoms with Crippen molar-refractivity contribution in [1.82, 2.24) is 9.62 Å². The molecular formula is C23H29FN2O4S. The molecule has 0 spiro atoms. The minimum atomic E-state index is -3.58. The van der Waals surface area contributed by atoms with E-state index in [1.807, 2.05) is 19.9 Å². The number of sulfonamides is 1. The lowest BCUT2D eigenvalue weighted by Crippen LogP contribution is -2.43. The van der Waals surface area contributed by atoms with Crippen LogP contribution in [0, 0.1) is 25.6 Å². The highest BCUT2D eigenvalue weighted by atomic mass is 32.2. The molecule has 1 atom stereocenters. The minimum Gasteiger partial charge on any atom is -0.494 e. The predicted octanol–water partition coefficient (Wildman–Crippen LogP) is 3.73. The fourth-order valence-electron chi connectivity index (χ4n) is 3.75. The van der Waals surface area contributed by atoms with Gasteiger partial charge in [0.05, 0.1) is 18.0 Å². The molecular weight excluding hydrogens is 419 g/mol. The van der Waals surface area contributed by atoms with Crippen LogP contribution in [0.5, 0.6) is 5.75 Å². The van der Waals surface area contributed by atoms with Gasteiger partial charge in [-0.25, -0.2) is 12.8 Å². The number of hydrogen-bond acceptors (Lipinski definition) is 4. The molecule has 3 rings (SSSR count). The average molecular weight is 449 g/mol. The molecule has 0 aromatic heterocycles. The van der Waals surface area contributed by atoms with Crippen LogP contribution in [0.15, 0.2) is 41.3 Å². The summed E-state index contributed by atoms with van der Waals surface area (Å²) in [7, 11) is -2.18. The number of ether oxygens (including phenoxy) is 1. The zero-order valence-corrected chi connectivity index (χ0v) is 19.1. The van der Waals surface area contributed by atoms with Crippen LogP contribution in [-0.2, 0) is 14.8 Å². The lowest BCUT2D eigenvalue weighted by molar-refractivity contribution is -0.126. The molecule has 168 valence electrons. The Balaban J connectivity index is 1.60. The number of amides is 1. The summed E-state index contributed by atoms with van der Waals surface area (Å²) in [6.45, 7) is 6.20. The zero-order valence-electron chi connectivity index (χ0n) is 18.3. The van der Waals surface area contributed by atoms with E-state index in [2.05, 4.69) is 5.32 Å². The van der Waals surface area contributed by atoms with Crippen molar-refractivity contribution in [2.24, 2.45) is 5.92 Å². The van der Waals surface area contributed by atoms with Crippen molar-refractivity contribution >= 4 is 15.9 Å². The first-order chi connectivity index (χ1) is 14.6. The van der Waals surface area contributed by atoms with Crippen molar-refractivity contribution in [3.8, 4) is 5.75 Å². The third-order valence-corrected chi connectivity index (χ3v) is 7.87. The van der Waals surface area contributed by atoms with Gasteiger partial charge in [0.15, 0.2) is 11.6 Å². The van der Waals surface area contributed by atoms with Crippen LogP contribution in [0.25, 0.3) is 0 Å². The Morgan fingerprint density at radius 3 is 2.39 bits per heavy atom. The normalized spacial score (nSPS) is 16.7. The number of rotatable bonds is 6. The van der Waals surface area contributed by atoms with Crippen LogP contribution in [0.2, 0.25) is 0 Å². The zero-order chi connectivity index (χ0) is 22.8. The van der Waals surface area contributed by atoms with E-state index in [9.17, 15) is 17.6 Å². The minimum absolute atomic E-state index is 0.146. The van der Waals surface area contributed by atoms with Gasteiger partial charge in [0.1, 0.15) is 0 Å². The lowest BCUT2D eigenvalue weighted by atomic mass is 9.96. The predicted molar refractivity (Wildman–Crippen MR) is 117 cm³/mol. The Labute approximate surface area is 183 Å². The fourth-order valence-corrected chi connectivity index (χ4v) is 5.30. The van der Waals surface area contributed by atoms with Gasteiger partial charge in [-0.2, -0.15) is 4.31 Å². The lowest BCUT2D eigenvalue weighted by Gasteiger charge is -2.31. The maximum Gasteiger partial charge on any atom is 0.243 e. The molecule has 1 aliphatic rings. The van der Waals surface area contributed by atoms with Crippen LogP contribution >= 0.6 is 0 Å². The standard InChI is InChI=1S/C23H29FN2O4S/c1-15-5-7-20(13-16(15)2)31(28,29)26-11-9-18(10-12-26)23(27)25-17(3)19-6-8-22(30-4)21(24)14-19/h5-8,13-14,17-18H,9-12H2,1-4H3,(H,25,27). The second-order valence-electron chi connectivity index (χ2n) is 8.05. The molecule has 1 N–H and O–H groups in total. The van der Waals surface area contributed by atoms with Crippen LogP contribution < -0.4 is 10.1 Å². The van der Waals surface area contributed by atoms with E-state index < -0.39 is 15.8 Å². The molecule has 1 amide bonds. The van der Waals surface area contributed by atoms with E-state index in [1.165, 1.54) is 23.5 Å². The maximum atomic E-state index is 13.9. The molecule has 2 aromatic rings. The molecule has 0 radical (unpaired) electrons. The van der Waals surface area contributed by atoms with Gasteiger partial charge in [-0.3, -0.25) is 4.79 Å². The number of carbonyl (C=O) groups excluding carboxylic acids is 1. The van der Waals surface area contributed by atoms with Crippen molar-refractivity contribution in [2.75, 3.05) is 20.2 Å². The largest absolute Gasteiger partial charge is 0.494 e. The summed E-state index contributed by atoms with van der Waals surface area (Å²) in [5, 5.41) is 2.92. The van der Waals surface area contributed by atoms with Gasteiger partial charge in [-0.05, 0) is 74.6 Å². The summed E-state index contributed by atoms with van der Waals surface area (Å²) in [6.07, 6.45) is 0.888. The van der Waals surface area contributed by atoms with Gasteiger partial charge >= 0.3 is 0 Å². The van der Waals surface area contributed by atoms with Crippen molar-refractivity contribution in [3.63, 3.8) is 0 Å². The summed E-state index contributed by atoms with van der Waals surface area (Å²) >= 11 is 0. The van der Waals surface area contributed by atoms with Crippen LogP contribution in [0.1, 0.15) is 42.5 Å². The summed E-state index contributed by atoms with van der Waals surface area (Å²) in [5.41, 5.74) is 2.61. The number of aryl methyl sites for hydroxylation is 2. The van der Waals surface area contributed by atoms with E-state index in [4.69, 9.17) is 4.74 Å². The first-order valence-electron chi connectivity index (χ1n) is 10.3. The molecule has 1 aliphatic heterocycles. The van der Waals surface area contributed by atoms with E-state index in [0.29, 0.717) is 31.5 Å². The molecule has 6 nitrogen and oxygen atoms in total. The molecule has 0 saturated carbocycles. The van der Waals surface area contributed by atoms with Crippen LogP contribution in [0.4, 0.5) is 4.39 Å². The van der Waals surface area contributed by atoms with E-state index in [-0.39, 0.29) is 28.5 Å². The monoisotopic (exact) mass is 448 g/mol. The Kier molecular flexibility index (Phi) is 7.01. The molecule has 8 heteroatoms. The fraction of sp³-hybridized carbons (Fsp3) is 0.435. The molecule has 31 heavy (non-hydrogen) atoms. The number of benzene rings is 2. The molecule has 1 fully saturated rings. The molecule has 1 heterocycles. The third-order valence-electron chi connectivity index (χ3n) is 5.98. The highest BCUT2D eigenvalue weighted by Gasteiger charge is 2.32. The van der Waals surface area contributed by atoms with Gasteiger partial charge in [-0.1, -0.05) is 12.1 Å². The number of nitrogens with one attached hydrogen (secondary N) is 1. The third kappa shape index (κ3) is 5.07. The maximum absolute atomic E-state index is 13.9. The Hall–Kier alpha value is -2.45. The van der Waals surface area contributed by atoms with Crippen molar-refractivity contribution in [3.05, 3.63) is 58.9 Å². The molecule has 0 aliphatic carbocycles. The SMILES string of the molecule is COc1ccc(C(C)NC(=O)C2CCN(S(=O)(=O)c3ccc(C)c(C)c3)CC2)cc1F. The number of piperidine rings is 1. The number of methoxy groups -OCH3 is 1.